The molecule has 0 radical (unpaired) electrons. The third kappa shape index (κ3) is 5.32. The van der Waals surface area contributed by atoms with Crippen molar-refractivity contribution >= 4 is 33.4 Å². The van der Waals surface area contributed by atoms with E-state index in [9.17, 15) is 0 Å². The van der Waals surface area contributed by atoms with E-state index in [2.05, 4.69) is 41.4 Å². The van der Waals surface area contributed by atoms with Crippen LogP contribution in [0.3, 0.4) is 0 Å². The highest BCUT2D eigenvalue weighted by Crippen LogP contribution is 2.20. The highest BCUT2D eigenvalue weighted by atomic mass is 79.9. The molecule has 21 heavy (non-hydrogen) atoms. The van der Waals surface area contributed by atoms with Crippen molar-refractivity contribution in [2.45, 2.75) is 6.92 Å². The second-order valence-corrected chi connectivity index (χ2v) is 6.00. The van der Waals surface area contributed by atoms with E-state index in [0.717, 1.165) is 34.8 Å². The second kappa shape index (κ2) is 7.38. The summed E-state index contributed by atoms with van der Waals surface area (Å²) < 4.78 is 1.03. The molecule has 112 valence electrons. The lowest BCUT2D eigenvalue weighted by molar-refractivity contribution is 0.425. The van der Waals surface area contributed by atoms with Crippen molar-refractivity contribution in [3.05, 3.63) is 40.5 Å². The lowest BCUT2D eigenvalue weighted by Gasteiger charge is -2.12. The fraction of sp³-hybridized carbons (Fsp3) is 0.333. The summed E-state index contributed by atoms with van der Waals surface area (Å²) >= 11 is 3.46. The summed E-state index contributed by atoms with van der Waals surface area (Å²) in [5.74, 6) is 1.43. The Morgan fingerprint density at radius 3 is 2.71 bits per heavy atom. The smallest absolute Gasteiger partial charge is 0.224 e. The van der Waals surface area contributed by atoms with Crippen molar-refractivity contribution in [3.8, 4) is 0 Å². The van der Waals surface area contributed by atoms with E-state index in [1.54, 1.807) is 0 Å². The van der Waals surface area contributed by atoms with E-state index >= 15 is 0 Å². The number of hydrogen-bond acceptors (Lipinski definition) is 5. The summed E-state index contributed by atoms with van der Waals surface area (Å²) in [6.45, 7) is 3.71. The van der Waals surface area contributed by atoms with Crippen LogP contribution in [0.2, 0.25) is 0 Å². The van der Waals surface area contributed by atoms with Crippen LogP contribution in [0.1, 0.15) is 5.69 Å². The first kappa shape index (κ1) is 15.7. The Bertz CT molecular complexity index is 600. The third-order valence-electron chi connectivity index (χ3n) is 2.79. The molecule has 0 bridgehead atoms. The second-order valence-electron chi connectivity index (χ2n) is 5.08. The fourth-order valence-electron chi connectivity index (χ4n) is 1.82. The van der Waals surface area contributed by atoms with Crippen LogP contribution in [0.25, 0.3) is 0 Å². The number of aryl methyl sites for hydroxylation is 1. The van der Waals surface area contributed by atoms with Gasteiger partial charge in [-0.1, -0.05) is 22.0 Å². The average molecular weight is 350 g/mol. The molecular formula is C15H20BrN5. The fourth-order valence-corrected chi connectivity index (χ4v) is 2.22. The van der Waals surface area contributed by atoms with Gasteiger partial charge in [-0.3, -0.25) is 0 Å². The maximum atomic E-state index is 4.49. The largest absolute Gasteiger partial charge is 0.353 e. The van der Waals surface area contributed by atoms with E-state index < -0.39 is 0 Å². The third-order valence-corrected chi connectivity index (χ3v) is 3.29. The summed E-state index contributed by atoms with van der Waals surface area (Å²) in [4.78, 5) is 11.0. The molecule has 0 aliphatic heterocycles. The molecule has 2 aromatic rings. The van der Waals surface area contributed by atoms with Gasteiger partial charge in [0.05, 0.1) is 0 Å². The van der Waals surface area contributed by atoms with Gasteiger partial charge in [0.25, 0.3) is 0 Å². The van der Waals surface area contributed by atoms with E-state index in [1.165, 1.54) is 0 Å². The lowest BCUT2D eigenvalue weighted by Crippen LogP contribution is -2.21. The van der Waals surface area contributed by atoms with Gasteiger partial charge in [0.15, 0.2) is 0 Å². The van der Waals surface area contributed by atoms with Crippen LogP contribution in [0.5, 0.6) is 0 Å². The zero-order valence-corrected chi connectivity index (χ0v) is 14.1. The van der Waals surface area contributed by atoms with Gasteiger partial charge in [0.2, 0.25) is 5.95 Å². The van der Waals surface area contributed by atoms with Gasteiger partial charge in [0, 0.05) is 35.0 Å². The molecule has 0 amide bonds. The number of likely N-dealkylation sites (N-methyl/N-ethyl adjacent to an activating group) is 1. The van der Waals surface area contributed by atoms with Crippen molar-refractivity contribution in [1.82, 2.24) is 14.9 Å². The van der Waals surface area contributed by atoms with E-state index in [-0.39, 0.29) is 0 Å². The summed E-state index contributed by atoms with van der Waals surface area (Å²) in [7, 11) is 4.08. The standard InChI is InChI=1S/C15H20BrN5/c1-11-9-14(19-13-6-4-5-12(16)10-13)20-15(18-11)17-7-8-21(2)3/h4-6,9-10H,7-8H2,1-3H3,(H2,17,18,19,20). The molecule has 2 N–H and O–H groups in total. The van der Waals surface area contributed by atoms with Gasteiger partial charge < -0.3 is 15.5 Å². The van der Waals surface area contributed by atoms with E-state index in [0.29, 0.717) is 5.95 Å². The van der Waals surface area contributed by atoms with Crippen molar-refractivity contribution in [1.29, 1.82) is 0 Å². The van der Waals surface area contributed by atoms with Crippen molar-refractivity contribution in [2.75, 3.05) is 37.8 Å². The topological polar surface area (TPSA) is 53.1 Å². The maximum Gasteiger partial charge on any atom is 0.224 e. The van der Waals surface area contributed by atoms with Crippen LogP contribution in [-0.2, 0) is 0 Å². The van der Waals surface area contributed by atoms with Crippen LogP contribution in [0.4, 0.5) is 17.5 Å². The molecule has 0 saturated carbocycles. The minimum atomic E-state index is 0.648. The van der Waals surface area contributed by atoms with Gasteiger partial charge in [-0.25, -0.2) is 4.98 Å². The predicted octanol–water partition coefficient (Wildman–Crippen LogP) is 3.26. The Kier molecular flexibility index (Phi) is 5.52. The molecule has 5 nitrogen and oxygen atoms in total. The number of anilines is 3. The quantitative estimate of drug-likeness (QED) is 0.838. The molecular weight excluding hydrogens is 330 g/mol. The minimum absolute atomic E-state index is 0.648. The average Bonchev–Trinajstić information content (AvgIpc) is 2.37. The van der Waals surface area contributed by atoms with Crippen molar-refractivity contribution in [3.63, 3.8) is 0 Å². The Labute approximate surface area is 133 Å². The predicted molar refractivity (Wildman–Crippen MR) is 91.2 cm³/mol. The molecule has 0 aliphatic rings. The Hall–Kier alpha value is -1.66. The summed E-state index contributed by atoms with van der Waals surface area (Å²) in [5.41, 5.74) is 1.91. The summed E-state index contributed by atoms with van der Waals surface area (Å²) in [6.07, 6.45) is 0. The lowest BCUT2D eigenvalue weighted by atomic mass is 10.3. The van der Waals surface area contributed by atoms with Crippen LogP contribution in [-0.4, -0.2) is 42.1 Å². The first-order valence-corrected chi connectivity index (χ1v) is 7.59. The summed E-state index contributed by atoms with van der Waals surface area (Å²) in [5, 5.41) is 6.53. The highest BCUT2D eigenvalue weighted by molar-refractivity contribution is 9.10. The molecule has 0 atom stereocenters. The highest BCUT2D eigenvalue weighted by Gasteiger charge is 2.03. The molecule has 6 heteroatoms. The molecule has 0 aliphatic carbocycles. The SMILES string of the molecule is Cc1cc(Nc2cccc(Br)c2)nc(NCCN(C)C)n1. The van der Waals surface area contributed by atoms with Gasteiger partial charge in [0.1, 0.15) is 5.82 Å². The molecule has 1 heterocycles. The molecule has 0 saturated heterocycles. The van der Waals surface area contributed by atoms with E-state index in [4.69, 9.17) is 0 Å². The monoisotopic (exact) mass is 349 g/mol. The van der Waals surface area contributed by atoms with Crippen LogP contribution in [0.15, 0.2) is 34.8 Å². The Balaban J connectivity index is 2.07. The normalized spacial score (nSPS) is 10.7. The minimum Gasteiger partial charge on any atom is -0.353 e. The van der Waals surface area contributed by atoms with Gasteiger partial charge in [-0.05, 0) is 39.2 Å². The number of aromatic nitrogens is 2. The number of halogens is 1. The molecule has 0 spiro atoms. The molecule has 0 fully saturated rings. The van der Waals surface area contributed by atoms with Crippen LogP contribution >= 0.6 is 15.9 Å². The van der Waals surface area contributed by atoms with Gasteiger partial charge >= 0.3 is 0 Å². The first-order valence-electron chi connectivity index (χ1n) is 6.80. The van der Waals surface area contributed by atoms with E-state index in [1.807, 2.05) is 51.4 Å². The maximum absolute atomic E-state index is 4.49. The number of nitrogens with zero attached hydrogens (tertiary/aromatic N) is 3. The van der Waals surface area contributed by atoms with Crippen molar-refractivity contribution in [2.24, 2.45) is 0 Å². The molecule has 2 rings (SSSR count). The van der Waals surface area contributed by atoms with Gasteiger partial charge in [-0.15, -0.1) is 0 Å². The summed E-state index contributed by atoms with van der Waals surface area (Å²) in [6, 6.07) is 9.91. The number of benzene rings is 1. The first-order chi connectivity index (χ1) is 10.0. The number of hydrogen-bond donors (Lipinski definition) is 2. The van der Waals surface area contributed by atoms with Crippen molar-refractivity contribution < 1.29 is 0 Å². The number of rotatable bonds is 6. The zero-order valence-electron chi connectivity index (χ0n) is 12.5. The zero-order chi connectivity index (χ0) is 15.2. The Morgan fingerprint density at radius 1 is 1.19 bits per heavy atom. The Morgan fingerprint density at radius 2 is 2.00 bits per heavy atom. The molecule has 1 aromatic carbocycles. The van der Waals surface area contributed by atoms with Crippen LogP contribution < -0.4 is 10.6 Å². The van der Waals surface area contributed by atoms with Gasteiger partial charge in [-0.2, -0.15) is 4.98 Å². The molecule has 1 aromatic heterocycles. The molecule has 0 unspecified atom stereocenters. The van der Waals surface area contributed by atoms with Crippen LogP contribution in [0, 0.1) is 6.92 Å². The number of nitrogens with one attached hydrogen (secondary N) is 2.